The summed E-state index contributed by atoms with van der Waals surface area (Å²) < 4.78 is 0. The van der Waals surface area contributed by atoms with E-state index in [-0.39, 0.29) is 12.3 Å². The van der Waals surface area contributed by atoms with Crippen LogP contribution in [0.1, 0.15) is 41.5 Å². The lowest BCUT2D eigenvalue weighted by Gasteiger charge is -2.36. The molecule has 4 aromatic carbocycles. The molecule has 0 aliphatic heterocycles. The summed E-state index contributed by atoms with van der Waals surface area (Å²) in [6.07, 6.45) is 1.89. The smallest absolute Gasteiger partial charge is 0.326 e. The lowest BCUT2D eigenvalue weighted by molar-refractivity contribution is -0.142. The molecule has 0 aromatic heterocycles. The number of aryl methyl sites for hydroxylation is 1. The van der Waals surface area contributed by atoms with Gasteiger partial charge in [-0.3, -0.25) is 4.79 Å². The number of hydrogen-bond acceptors (Lipinski definition) is 2. The molecule has 0 unspecified atom stereocenters. The summed E-state index contributed by atoms with van der Waals surface area (Å²) >= 11 is 0. The number of amides is 1. The summed E-state index contributed by atoms with van der Waals surface area (Å²) in [7, 11) is 0. The molecule has 0 fully saturated rings. The standard InChI is InChI=1S/C32H31NO3/c34-30(33-29(31(35)36)23-13-16-25-14-5-1-6-15-25)24-32(26-17-7-2-8-18-26,27-19-9-3-10-20-27)28-21-11-4-12-22-28/h1-12,14-15,17-22,29H,13,16,23-24H2,(H,33,34)(H,35,36)/t29-/m1/s1. The Kier molecular flexibility index (Phi) is 8.30. The van der Waals surface area contributed by atoms with Crippen LogP contribution in [0.4, 0.5) is 0 Å². The van der Waals surface area contributed by atoms with Crippen molar-refractivity contribution in [3.05, 3.63) is 144 Å². The van der Waals surface area contributed by atoms with Crippen molar-refractivity contribution in [2.24, 2.45) is 0 Å². The number of aliphatic carboxylic acids is 1. The molecule has 1 amide bonds. The van der Waals surface area contributed by atoms with Gasteiger partial charge in [-0.25, -0.2) is 4.79 Å². The molecule has 0 radical (unpaired) electrons. The molecule has 0 aliphatic carbocycles. The fourth-order valence-electron chi connectivity index (χ4n) is 4.87. The van der Waals surface area contributed by atoms with Crippen molar-refractivity contribution in [1.29, 1.82) is 0 Å². The Morgan fingerprint density at radius 1 is 0.667 bits per heavy atom. The minimum atomic E-state index is -1.01. The van der Waals surface area contributed by atoms with Gasteiger partial charge in [-0.1, -0.05) is 121 Å². The minimum Gasteiger partial charge on any atom is -0.480 e. The Bertz CT molecular complexity index is 1150. The van der Waals surface area contributed by atoms with Crippen molar-refractivity contribution in [1.82, 2.24) is 5.32 Å². The van der Waals surface area contributed by atoms with Gasteiger partial charge in [0.05, 0.1) is 5.41 Å². The first-order valence-corrected chi connectivity index (χ1v) is 12.3. The van der Waals surface area contributed by atoms with Crippen LogP contribution < -0.4 is 5.32 Å². The lowest BCUT2D eigenvalue weighted by Crippen LogP contribution is -2.44. The molecule has 182 valence electrons. The predicted octanol–water partition coefficient (Wildman–Crippen LogP) is 6.00. The van der Waals surface area contributed by atoms with Crippen molar-refractivity contribution in [2.75, 3.05) is 0 Å². The maximum absolute atomic E-state index is 13.6. The van der Waals surface area contributed by atoms with E-state index in [0.717, 1.165) is 28.7 Å². The average molecular weight is 478 g/mol. The van der Waals surface area contributed by atoms with Crippen LogP contribution in [0.15, 0.2) is 121 Å². The first kappa shape index (κ1) is 24.9. The largest absolute Gasteiger partial charge is 0.480 e. The third-order valence-electron chi connectivity index (χ3n) is 6.66. The predicted molar refractivity (Wildman–Crippen MR) is 143 cm³/mol. The van der Waals surface area contributed by atoms with Gasteiger partial charge in [0, 0.05) is 6.42 Å². The number of benzene rings is 4. The molecular formula is C32H31NO3. The summed E-state index contributed by atoms with van der Waals surface area (Å²) in [6, 6.07) is 38.9. The molecule has 4 rings (SSSR count). The second-order valence-electron chi connectivity index (χ2n) is 9.02. The summed E-state index contributed by atoms with van der Waals surface area (Å²) in [6.45, 7) is 0. The van der Waals surface area contributed by atoms with Crippen molar-refractivity contribution >= 4 is 11.9 Å². The van der Waals surface area contributed by atoms with Crippen LogP contribution in [0, 0.1) is 0 Å². The van der Waals surface area contributed by atoms with Gasteiger partial charge >= 0.3 is 5.97 Å². The van der Waals surface area contributed by atoms with E-state index in [4.69, 9.17) is 0 Å². The van der Waals surface area contributed by atoms with Crippen molar-refractivity contribution in [2.45, 2.75) is 37.1 Å². The molecule has 4 nitrogen and oxygen atoms in total. The SMILES string of the molecule is O=C(CC(c1ccccc1)(c1ccccc1)c1ccccc1)N[C@H](CCCc1ccccc1)C(=O)O. The van der Waals surface area contributed by atoms with Gasteiger partial charge in [-0.2, -0.15) is 0 Å². The number of carboxylic acid groups (broad SMARTS) is 1. The van der Waals surface area contributed by atoms with E-state index in [1.54, 1.807) is 0 Å². The summed E-state index contributed by atoms with van der Waals surface area (Å²) in [4.78, 5) is 25.6. The molecule has 4 aromatic rings. The summed E-state index contributed by atoms with van der Waals surface area (Å²) in [5.41, 5.74) is 3.33. The van der Waals surface area contributed by atoms with Crippen LogP contribution in [-0.2, 0) is 21.4 Å². The zero-order valence-corrected chi connectivity index (χ0v) is 20.2. The molecule has 0 saturated carbocycles. The Morgan fingerprint density at radius 3 is 1.50 bits per heavy atom. The minimum absolute atomic E-state index is 0.0908. The molecule has 1 atom stereocenters. The lowest BCUT2D eigenvalue weighted by atomic mass is 9.67. The number of nitrogens with one attached hydrogen (secondary N) is 1. The highest BCUT2D eigenvalue weighted by Gasteiger charge is 2.39. The molecule has 4 heteroatoms. The van der Waals surface area contributed by atoms with E-state index in [2.05, 4.69) is 5.32 Å². The van der Waals surface area contributed by atoms with Gasteiger partial charge in [0.1, 0.15) is 6.04 Å². The maximum atomic E-state index is 13.6. The van der Waals surface area contributed by atoms with Gasteiger partial charge in [0.15, 0.2) is 0 Å². The zero-order valence-electron chi connectivity index (χ0n) is 20.2. The molecule has 0 heterocycles. The first-order chi connectivity index (χ1) is 17.6. The third kappa shape index (κ3) is 5.89. The topological polar surface area (TPSA) is 66.4 Å². The molecule has 2 N–H and O–H groups in total. The second kappa shape index (κ2) is 12.0. The van der Waals surface area contributed by atoms with E-state index in [9.17, 15) is 14.7 Å². The van der Waals surface area contributed by atoms with Crippen LogP contribution in [0.25, 0.3) is 0 Å². The van der Waals surface area contributed by atoms with Crippen LogP contribution in [0.5, 0.6) is 0 Å². The maximum Gasteiger partial charge on any atom is 0.326 e. The number of carbonyl (C=O) groups excluding carboxylic acids is 1. The van der Waals surface area contributed by atoms with Crippen LogP contribution in [0.2, 0.25) is 0 Å². The normalized spacial score (nSPS) is 12.0. The third-order valence-corrected chi connectivity index (χ3v) is 6.66. The first-order valence-electron chi connectivity index (χ1n) is 12.3. The quantitative estimate of drug-likeness (QED) is 0.260. The van der Waals surface area contributed by atoms with Gasteiger partial charge in [-0.15, -0.1) is 0 Å². The van der Waals surface area contributed by atoms with Crippen LogP contribution in [-0.4, -0.2) is 23.0 Å². The van der Waals surface area contributed by atoms with E-state index >= 15 is 0 Å². The number of rotatable bonds is 11. The van der Waals surface area contributed by atoms with E-state index in [1.165, 1.54) is 0 Å². The number of carboxylic acids is 1. The highest BCUT2D eigenvalue weighted by atomic mass is 16.4. The van der Waals surface area contributed by atoms with Crippen molar-refractivity contribution in [3.8, 4) is 0 Å². The highest BCUT2D eigenvalue weighted by molar-refractivity contribution is 5.85. The molecule has 0 saturated heterocycles. The highest BCUT2D eigenvalue weighted by Crippen LogP contribution is 2.42. The van der Waals surface area contributed by atoms with Gasteiger partial charge in [0.2, 0.25) is 5.91 Å². The Morgan fingerprint density at radius 2 is 1.08 bits per heavy atom. The van der Waals surface area contributed by atoms with Crippen molar-refractivity contribution in [3.63, 3.8) is 0 Å². The number of hydrogen-bond donors (Lipinski definition) is 2. The fraction of sp³-hybridized carbons (Fsp3) is 0.188. The second-order valence-corrected chi connectivity index (χ2v) is 9.02. The van der Waals surface area contributed by atoms with Crippen molar-refractivity contribution < 1.29 is 14.7 Å². The zero-order chi connectivity index (χ0) is 25.2. The van der Waals surface area contributed by atoms with Gasteiger partial charge < -0.3 is 10.4 Å². The van der Waals surface area contributed by atoms with Crippen LogP contribution >= 0.6 is 0 Å². The molecule has 36 heavy (non-hydrogen) atoms. The fourth-order valence-corrected chi connectivity index (χ4v) is 4.87. The Hall–Kier alpha value is -4.18. The number of carbonyl (C=O) groups is 2. The van der Waals surface area contributed by atoms with Gasteiger partial charge in [-0.05, 0) is 41.5 Å². The van der Waals surface area contributed by atoms with E-state index < -0.39 is 17.4 Å². The van der Waals surface area contributed by atoms with Gasteiger partial charge in [0.25, 0.3) is 0 Å². The molecular weight excluding hydrogens is 446 g/mol. The van der Waals surface area contributed by atoms with E-state index in [1.807, 2.05) is 121 Å². The molecule has 0 spiro atoms. The molecule has 0 bridgehead atoms. The monoisotopic (exact) mass is 477 g/mol. The summed E-state index contributed by atoms with van der Waals surface area (Å²) in [5.74, 6) is -1.31. The Balaban J connectivity index is 1.62. The Labute approximate surface area is 212 Å². The molecule has 0 aliphatic rings. The van der Waals surface area contributed by atoms with E-state index in [0.29, 0.717) is 12.8 Å². The summed E-state index contributed by atoms with van der Waals surface area (Å²) in [5, 5.41) is 12.7. The van der Waals surface area contributed by atoms with Crippen LogP contribution in [0.3, 0.4) is 0 Å². The average Bonchev–Trinajstić information content (AvgIpc) is 2.93.